The van der Waals surface area contributed by atoms with Gasteiger partial charge in [0.25, 0.3) is 0 Å². The van der Waals surface area contributed by atoms with Crippen LogP contribution in [-0.4, -0.2) is 54.9 Å². The van der Waals surface area contributed by atoms with Gasteiger partial charge in [-0.05, 0) is 59.4 Å². The number of rotatable bonds is 11. The summed E-state index contributed by atoms with van der Waals surface area (Å²) in [7, 11) is 0. The molecule has 164 valence electrons. The van der Waals surface area contributed by atoms with Crippen LogP contribution in [0.2, 0.25) is 0 Å². The molecule has 1 unspecified atom stereocenters. The molecule has 2 rings (SSSR count). The number of carbonyl (C=O) groups is 1. The van der Waals surface area contributed by atoms with E-state index < -0.39 is 0 Å². The summed E-state index contributed by atoms with van der Waals surface area (Å²) in [4.78, 5) is 14.7. The Bertz CT molecular complexity index is 650. The Morgan fingerprint density at radius 1 is 1.31 bits per heavy atom. The molecule has 4 N–H and O–H groups in total. The van der Waals surface area contributed by atoms with E-state index in [0.29, 0.717) is 37.0 Å². The average Bonchev–Trinajstić information content (AvgIpc) is 2.74. The normalized spacial score (nSPS) is 16.2. The van der Waals surface area contributed by atoms with Crippen molar-refractivity contribution in [1.29, 1.82) is 0 Å². The summed E-state index contributed by atoms with van der Waals surface area (Å²) in [5.74, 6) is -0.348. The maximum Gasteiger partial charge on any atom is 0.338 e. The van der Waals surface area contributed by atoms with Gasteiger partial charge in [-0.3, -0.25) is 4.90 Å². The van der Waals surface area contributed by atoms with Gasteiger partial charge < -0.3 is 20.9 Å². The van der Waals surface area contributed by atoms with E-state index in [1.165, 1.54) is 32.1 Å². The van der Waals surface area contributed by atoms with Gasteiger partial charge in [-0.1, -0.05) is 33.1 Å². The molecule has 6 nitrogen and oxygen atoms in total. The molecule has 1 atom stereocenters. The summed E-state index contributed by atoms with van der Waals surface area (Å²) in [5.41, 5.74) is 8.50. The van der Waals surface area contributed by atoms with E-state index in [0.717, 1.165) is 23.0 Å². The third-order valence-electron chi connectivity index (χ3n) is 5.73. The minimum Gasteiger partial charge on any atom is -0.461 e. The van der Waals surface area contributed by atoms with Gasteiger partial charge in [-0.15, -0.1) is 0 Å². The number of hydrogen-bond acceptors (Lipinski definition) is 6. The van der Waals surface area contributed by atoms with E-state index in [1.54, 1.807) is 6.07 Å². The van der Waals surface area contributed by atoms with Crippen LogP contribution in [0.15, 0.2) is 16.6 Å². The number of anilines is 1. The van der Waals surface area contributed by atoms with Crippen molar-refractivity contribution < 1.29 is 14.6 Å². The summed E-state index contributed by atoms with van der Waals surface area (Å²) < 4.78 is 6.20. The zero-order chi connectivity index (χ0) is 21.2. The molecule has 0 bridgehead atoms. The predicted molar refractivity (Wildman–Crippen MR) is 121 cm³/mol. The van der Waals surface area contributed by atoms with Crippen LogP contribution in [0, 0.1) is 0 Å². The van der Waals surface area contributed by atoms with E-state index in [9.17, 15) is 4.79 Å². The maximum atomic E-state index is 12.6. The molecule has 0 amide bonds. The lowest BCUT2D eigenvalue weighted by Gasteiger charge is -2.29. The molecule has 7 heteroatoms. The fourth-order valence-electron chi connectivity index (χ4n) is 3.95. The van der Waals surface area contributed by atoms with Crippen molar-refractivity contribution in [2.75, 3.05) is 38.6 Å². The van der Waals surface area contributed by atoms with Crippen molar-refractivity contribution in [1.82, 2.24) is 10.2 Å². The van der Waals surface area contributed by atoms with Crippen LogP contribution in [0.25, 0.3) is 0 Å². The van der Waals surface area contributed by atoms with Crippen LogP contribution in [0.5, 0.6) is 0 Å². The van der Waals surface area contributed by atoms with Crippen LogP contribution in [0.3, 0.4) is 0 Å². The SMILES string of the molecule is CCC(NC1CCCCC1)c1cc(C(=O)OCCN(CC)CCO)cc(Br)c1N. The van der Waals surface area contributed by atoms with Crippen molar-refractivity contribution in [2.45, 2.75) is 64.5 Å². The standard InChI is InChI=1S/C22H36BrN3O3/c1-3-20(25-17-8-6-5-7-9-17)18-14-16(15-19(23)21(18)24)22(28)29-13-11-26(4-2)10-12-27/h14-15,17,20,25,27H,3-13,24H2,1-2H3. The number of ether oxygens (including phenoxy) is 1. The lowest BCUT2D eigenvalue weighted by Crippen LogP contribution is -2.34. The number of likely N-dealkylation sites (N-methyl/N-ethyl adjacent to an activating group) is 1. The molecule has 1 saturated carbocycles. The molecule has 0 heterocycles. The molecule has 0 aromatic heterocycles. The Morgan fingerprint density at radius 2 is 2.03 bits per heavy atom. The minimum absolute atomic E-state index is 0.0997. The monoisotopic (exact) mass is 469 g/mol. The van der Waals surface area contributed by atoms with Crippen molar-refractivity contribution >= 4 is 27.6 Å². The van der Waals surface area contributed by atoms with Crippen molar-refractivity contribution in [2.24, 2.45) is 0 Å². The van der Waals surface area contributed by atoms with Crippen LogP contribution in [0.4, 0.5) is 5.69 Å². The fourth-order valence-corrected chi connectivity index (χ4v) is 4.42. The lowest BCUT2D eigenvalue weighted by molar-refractivity contribution is 0.0456. The highest BCUT2D eigenvalue weighted by molar-refractivity contribution is 9.10. The highest BCUT2D eigenvalue weighted by Gasteiger charge is 2.22. The summed E-state index contributed by atoms with van der Waals surface area (Å²) in [6, 6.07) is 4.23. The molecule has 1 aromatic carbocycles. The van der Waals surface area contributed by atoms with Crippen molar-refractivity contribution in [3.63, 3.8) is 0 Å². The quantitative estimate of drug-likeness (QED) is 0.336. The summed E-state index contributed by atoms with van der Waals surface area (Å²) in [6.45, 7) is 6.54. The van der Waals surface area contributed by atoms with E-state index in [-0.39, 0.29) is 18.6 Å². The van der Waals surface area contributed by atoms with Crippen LogP contribution < -0.4 is 11.1 Å². The van der Waals surface area contributed by atoms with Crippen molar-refractivity contribution in [3.05, 3.63) is 27.7 Å². The van der Waals surface area contributed by atoms with Crippen LogP contribution in [0.1, 0.15) is 74.3 Å². The lowest BCUT2D eigenvalue weighted by atomic mass is 9.92. The average molecular weight is 470 g/mol. The number of aliphatic hydroxyl groups excluding tert-OH is 1. The summed E-state index contributed by atoms with van der Waals surface area (Å²) in [5, 5.41) is 12.8. The van der Waals surface area contributed by atoms with Gasteiger partial charge >= 0.3 is 5.97 Å². The topological polar surface area (TPSA) is 87.8 Å². The van der Waals surface area contributed by atoms with Crippen molar-refractivity contribution in [3.8, 4) is 0 Å². The van der Waals surface area contributed by atoms with Gasteiger partial charge in [0.2, 0.25) is 0 Å². The number of carbonyl (C=O) groups excluding carboxylic acids is 1. The number of nitrogens with zero attached hydrogens (tertiary/aromatic N) is 1. The van der Waals surface area contributed by atoms with Gasteiger partial charge in [-0.2, -0.15) is 0 Å². The Balaban J connectivity index is 2.07. The molecule has 1 fully saturated rings. The first-order valence-corrected chi connectivity index (χ1v) is 11.6. The van der Waals surface area contributed by atoms with Gasteiger partial charge in [-0.25, -0.2) is 4.79 Å². The number of aliphatic hydroxyl groups is 1. The zero-order valence-electron chi connectivity index (χ0n) is 17.8. The molecule has 0 radical (unpaired) electrons. The van der Waals surface area contributed by atoms with Gasteiger partial charge in [0.15, 0.2) is 0 Å². The molecule has 1 aromatic rings. The zero-order valence-corrected chi connectivity index (χ0v) is 19.3. The molecule has 0 saturated heterocycles. The summed E-state index contributed by atoms with van der Waals surface area (Å²) >= 11 is 3.51. The molecule has 1 aliphatic rings. The number of hydrogen-bond donors (Lipinski definition) is 3. The Labute approximate surface area is 183 Å². The first-order chi connectivity index (χ1) is 14.0. The number of halogens is 1. The summed E-state index contributed by atoms with van der Waals surface area (Å²) in [6.07, 6.45) is 7.15. The number of nitrogens with one attached hydrogen (secondary N) is 1. The van der Waals surface area contributed by atoms with Crippen LogP contribution >= 0.6 is 15.9 Å². The van der Waals surface area contributed by atoms with Gasteiger partial charge in [0.05, 0.1) is 17.9 Å². The maximum absolute atomic E-state index is 12.6. The fraction of sp³-hybridized carbons (Fsp3) is 0.682. The molecular formula is C22H36BrN3O3. The first kappa shape index (κ1) is 24.1. The Kier molecular flexibility index (Phi) is 10.4. The minimum atomic E-state index is -0.348. The van der Waals surface area contributed by atoms with Gasteiger partial charge in [0.1, 0.15) is 6.61 Å². The first-order valence-electron chi connectivity index (χ1n) is 10.8. The molecule has 29 heavy (non-hydrogen) atoms. The second-order valence-corrected chi connectivity index (χ2v) is 8.57. The van der Waals surface area contributed by atoms with Gasteiger partial charge in [0, 0.05) is 29.6 Å². The van der Waals surface area contributed by atoms with E-state index in [2.05, 4.69) is 28.2 Å². The smallest absolute Gasteiger partial charge is 0.338 e. The largest absolute Gasteiger partial charge is 0.461 e. The third kappa shape index (κ3) is 7.24. The second kappa shape index (κ2) is 12.5. The Morgan fingerprint density at radius 3 is 2.66 bits per heavy atom. The molecular weight excluding hydrogens is 434 g/mol. The molecule has 0 aliphatic heterocycles. The highest BCUT2D eigenvalue weighted by atomic mass is 79.9. The number of benzene rings is 1. The van der Waals surface area contributed by atoms with E-state index in [1.807, 2.05) is 17.9 Å². The number of nitrogen functional groups attached to an aromatic ring is 1. The highest BCUT2D eigenvalue weighted by Crippen LogP contribution is 2.33. The molecule has 0 spiro atoms. The number of esters is 1. The van der Waals surface area contributed by atoms with Crippen LogP contribution in [-0.2, 0) is 4.74 Å². The number of nitrogens with two attached hydrogens (primary N) is 1. The van der Waals surface area contributed by atoms with E-state index in [4.69, 9.17) is 15.6 Å². The Hall–Kier alpha value is -1.15. The predicted octanol–water partition coefficient (Wildman–Crippen LogP) is 3.88. The third-order valence-corrected chi connectivity index (χ3v) is 6.38. The van der Waals surface area contributed by atoms with E-state index >= 15 is 0 Å². The molecule has 1 aliphatic carbocycles. The second-order valence-electron chi connectivity index (χ2n) is 7.72.